The number of hydrogen-bond donors (Lipinski definition) is 0. The van der Waals surface area contributed by atoms with E-state index in [-0.39, 0.29) is 16.8 Å². The van der Waals surface area contributed by atoms with Crippen molar-refractivity contribution in [1.29, 1.82) is 0 Å². The fourth-order valence-electron chi connectivity index (χ4n) is 2.64. The molecule has 0 bridgehead atoms. The van der Waals surface area contributed by atoms with Gasteiger partial charge in [0.1, 0.15) is 0 Å². The zero-order valence-corrected chi connectivity index (χ0v) is 11.9. The highest BCUT2D eigenvalue weighted by atomic mass is 16.7. The molecule has 0 aliphatic heterocycles. The molecular weight excluding hydrogens is 254 g/mol. The molecule has 2 atom stereocenters. The van der Waals surface area contributed by atoms with Gasteiger partial charge in [-0.1, -0.05) is 50.3 Å². The van der Waals surface area contributed by atoms with Crippen LogP contribution >= 0.6 is 0 Å². The van der Waals surface area contributed by atoms with Gasteiger partial charge >= 0.3 is 5.72 Å². The number of rotatable bonds is 4. The van der Waals surface area contributed by atoms with Crippen LogP contribution in [0.2, 0.25) is 0 Å². The van der Waals surface area contributed by atoms with Crippen LogP contribution in [0.5, 0.6) is 0 Å². The molecule has 0 aromatic heterocycles. The van der Waals surface area contributed by atoms with E-state index in [1.165, 1.54) is 7.11 Å². The minimum atomic E-state index is -1.47. The molecule has 0 fully saturated rings. The SMILES string of the molecule is COC1([N+](=O)[O-])C=CC(c2ccccc2)=CC1C(C)C. The van der Waals surface area contributed by atoms with Gasteiger partial charge in [0.2, 0.25) is 0 Å². The van der Waals surface area contributed by atoms with Gasteiger partial charge in [-0.3, -0.25) is 10.1 Å². The molecule has 0 heterocycles. The molecule has 0 saturated heterocycles. The van der Waals surface area contributed by atoms with Crippen LogP contribution in [0.1, 0.15) is 19.4 Å². The Balaban J connectivity index is 2.46. The first-order valence-corrected chi connectivity index (χ1v) is 6.67. The van der Waals surface area contributed by atoms with Crippen molar-refractivity contribution in [3.05, 3.63) is 64.2 Å². The predicted octanol–water partition coefficient (Wildman–Crippen LogP) is 3.53. The maximum absolute atomic E-state index is 11.5. The molecule has 1 aliphatic rings. The zero-order chi connectivity index (χ0) is 14.8. The lowest BCUT2D eigenvalue weighted by molar-refractivity contribution is -0.621. The number of nitro groups is 1. The largest absolute Gasteiger partial charge is 0.351 e. The van der Waals surface area contributed by atoms with Gasteiger partial charge in [0.25, 0.3) is 0 Å². The van der Waals surface area contributed by atoms with Gasteiger partial charge in [0.15, 0.2) is 0 Å². The summed E-state index contributed by atoms with van der Waals surface area (Å²) in [6.45, 7) is 3.94. The third-order valence-electron chi connectivity index (χ3n) is 3.78. The van der Waals surface area contributed by atoms with Gasteiger partial charge in [-0.15, -0.1) is 0 Å². The molecule has 4 heteroatoms. The smallest absolute Gasteiger partial charge is 0.314 e. The molecule has 0 saturated carbocycles. The minimum absolute atomic E-state index is 0.101. The summed E-state index contributed by atoms with van der Waals surface area (Å²) in [7, 11) is 1.39. The van der Waals surface area contributed by atoms with Gasteiger partial charge in [0.05, 0.1) is 10.8 Å². The summed E-state index contributed by atoms with van der Waals surface area (Å²) in [5, 5.41) is 11.5. The van der Waals surface area contributed by atoms with Gasteiger partial charge in [-0.2, -0.15) is 0 Å². The molecule has 2 unspecified atom stereocenters. The van der Waals surface area contributed by atoms with E-state index in [0.717, 1.165) is 11.1 Å². The Kier molecular flexibility index (Phi) is 4.04. The van der Waals surface area contributed by atoms with Crippen LogP contribution < -0.4 is 0 Å². The minimum Gasteiger partial charge on any atom is -0.314 e. The lowest BCUT2D eigenvalue weighted by Crippen LogP contribution is -2.48. The maximum atomic E-state index is 11.5. The molecule has 1 aromatic rings. The second-order valence-corrected chi connectivity index (χ2v) is 5.30. The molecule has 1 aliphatic carbocycles. The quantitative estimate of drug-likeness (QED) is 0.479. The predicted molar refractivity (Wildman–Crippen MR) is 78.6 cm³/mol. The first kappa shape index (κ1) is 14.5. The summed E-state index contributed by atoms with van der Waals surface area (Å²) in [5.41, 5.74) is 0.591. The summed E-state index contributed by atoms with van der Waals surface area (Å²) in [6.07, 6.45) is 5.30. The molecule has 1 aromatic carbocycles. The molecule has 20 heavy (non-hydrogen) atoms. The Labute approximate surface area is 118 Å². The van der Waals surface area contributed by atoms with Crippen LogP contribution in [0.4, 0.5) is 0 Å². The first-order chi connectivity index (χ1) is 9.51. The average Bonchev–Trinajstić information content (AvgIpc) is 2.47. The summed E-state index contributed by atoms with van der Waals surface area (Å²) in [5.74, 6) is -0.202. The molecule has 2 rings (SSSR count). The van der Waals surface area contributed by atoms with Gasteiger partial charge < -0.3 is 4.74 Å². The van der Waals surface area contributed by atoms with E-state index in [4.69, 9.17) is 4.74 Å². The van der Waals surface area contributed by atoms with Crippen LogP contribution in [0.25, 0.3) is 5.57 Å². The van der Waals surface area contributed by atoms with E-state index < -0.39 is 5.72 Å². The van der Waals surface area contributed by atoms with E-state index in [1.807, 2.05) is 50.3 Å². The van der Waals surface area contributed by atoms with Gasteiger partial charge in [-0.25, -0.2) is 0 Å². The van der Waals surface area contributed by atoms with E-state index in [2.05, 4.69) is 0 Å². The normalized spacial score (nSPS) is 25.6. The Morgan fingerprint density at radius 3 is 2.45 bits per heavy atom. The fourth-order valence-corrected chi connectivity index (χ4v) is 2.64. The van der Waals surface area contributed by atoms with E-state index in [9.17, 15) is 10.1 Å². The van der Waals surface area contributed by atoms with Crippen molar-refractivity contribution >= 4 is 5.57 Å². The summed E-state index contributed by atoms with van der Waals surface area (Å²) < 4.78 is 5.27. The van der Waals surface area contributed by atoms with Crippen LogP contribution in [0.3, 0.4) is 0 Å². The summed E-state index contributed by atoms with van der Waals surface area (Å²) in [6, 6.07) is 9.87. The van der Waals surface area contributed by atoms with Crippen molar-refractivity contribution in [3.63, 3.8) is 0 Å². The van der Waals surface area contributed by atoms with E-state index in [1.54, 1.807) is 12.2 Å². The molecule has 0 N–H and O–H groups in total. The Morgan fingerprint density at radius 1 is 1.30 bits per heavy atom. The van der Waals surface area contributed by atoms with Crippen molar-refractivity contribution in [1.82, 2.24) is 0 Å². The van der Waals surface area contributed by atoms with Crippen LogP contribution in [-0.4, -0.2) is 17.8 Å². The summed E-state index contributed by atoms with van der Waals surface area (Å²) >= 11 is 0. The molecule has 0 radical (unpaired) electrons. The second-order valence-electron chi connectivity index (χ2n) is 5.30. The number of ether oxygens (including phenoxy) is 1. The van der Waals surface area contributed by atoms with Crippen molar-refractivity contribution in [2.45, 2.75) is 19.6 Å². The molecular formula is C16H19NO3. The van der Waals surface area contributed by atoms with E-state index in [0.29, 0.717) is 0 Å². The van der Waals surface area contributed by atoms with Gasteiger partial charge in [-0.05, 0) is 23.1 Å². The second kappa shape index (κ2) is 5.59. The molecule has 4 nitrogen and oxygen atoms in total. The van der Waals surface area contributed by atoms with Crippen molar-refractivity contribution in [2.24, 2.45) is 11.8 Å². The summed E-state index contributed by atoms with van der Waals surface area (Å²) in [4.78, 5) is 11.1. The average molecular weight is 273 g/mol. The van der Waals surface area contributed by atoms with Crippen LogP contribution in [-0.2, 0) is 4.74 Å². The molecule has 0 spiro atoms. The fraction of sp³-hybridized carbons (Fsp3) is 0.375. The number of allylic oxidation sites excluding steroid dienone is 2. The Morgan fingerprint density at radius 2 is 1.95 bits per heavy atom. The van der Waals surface area contributed by atoms with Crippen LogP contribution in [0, 0.1) is 22.0 Å². The van der Waals surface area contributed by atoms with Crippen LogP contribution in [0.15, 0.2) is 48.6 Å². The van der Waals surface area contributed by atoms with Crippen molar-refractivity contribution in [3.8, 4) is 0 Å². The van der Waals surface area contributed by atoms with Gasteiger partial charge in [0, 0.05) is 13.2 Å². The maximum Gasteiger partial charge on any atom is 0.351 e. The number of methoxy groups -OCH3 is 1. The highest BCUT2D eigenvalue weighted by molar-refractivity contribution is 5.75. The molecule has 106 valence electrons. The number of nitrogens with zero attached hydrogens (tertiary/aromatic N) is 1. The monoisotopic (exact) mass is 273 g/mol. The first-order valence-electron chi connectivity index (χ1n) is 6.67. The number of hydrogen-bond acceptors (Lipinski definition) is 3. The lowest BCUT2D eigenvalue weighted by Gasteiger charge is -2.32. The van der Waals surface area contributed by atoms with Crippen molar-refractivity contribution < 1.29 is 9.66 Å². The van der Waals surface area contributed by atoms with E-state index >= 15 is 0 Å². The molecule has 0 amide bonds. The number of benzene rings is 1. The van der Waals surface area contributed by atoms with Crippen molar-refractivity contribution in [2.75, 3.05) is 7.11 Å². The zero-order valence-electron chi connectivity index (χ0n) is 11.9. The Hall–Kier alpha value is -1.94. The lowest BCUT2D eigenvalue weighted by atomic mass is 9.79. The standard InChI is InChI=1S/C16H19NO3/c1-12(2)15-11-14(13-7-5-4-6-8-13)9-10-16(15,20-3)17(18)19/h4-12,15H,1-3H3. The third kappa shape index (κ3) is 2.39. The third-order valence-corrected chi connectivity index (χ3v) is 3.78. The highest BCUT2D eigenvalue weighted by Gasteiger charge is 2.50. The highest BCUT2D eigenvalue weighted by Crippen LogP contribution is 2.38. The topological polar surface area (TPSA) is 52.4 Å². The Bertz CT molecular complexity index is 548.